The summed E-state index contributed by atoms with van der Waals surface area (Å²) in [6, 6.07) is 5.48. The van der Waals surface area contributed by atoms with Crippen molar-refractivity contribution in [3.05, 3.63) is 22.7 Å². The monoisotopic (exact) mass is 332 g/mol. The Morgan fingerprint density at radius 1 is 1.39 bits per heavy atom. The Morgan fingerprint density at radius 2 is 2.11 bits per heavy atom. The van der Waals surface area contributed by atoms with Crippen molar-refractivity contribution in [1.82, 2.24) is 4.90 Å². The molecular formula is C12H17BrN2O2S. The molecule has 1 aromatic carbocycles. The number of nitrogens with two attached hydrogens (primary N) is 1. The lowest BCUT2D eigenvalue weighted by Crippen LogP contribution is -2.38. The molecule has 1 aromatic rings. The minimum absolute atomic E-state index is 0.596. The van der Waals surface area contributed by atoms with Gasteiger partial charge in [0.1, 0.15) is 0 Å². The standard InChI is InChI=1S/C12H17BrN2O2S/c13-10-1-2-11(14)12(9-10)18(16)8-5-15-3-6-17-7-4-15/h1-2,9H,3-8,14H2. The molecule has 0 bridgehead atoms. The second-order valence-electron chi connectivity index (χ2n) is 4.19. The van der Waals surface area contributed by atoms with Crippen molar-refractivity contribution in [2.24, 2.45) is 0 Å². The van der Waals surface area contributed by atoms with Gasteiger partial charge in [-0.25, -0.2) is 0 Å². The Balaban J connectivity index is 1.92. The number of rotatable bonds is 4. The van der Waals surface area contributed by atoms with Crippen LogP contribution in [0.4, 0.5) is 5.69 Å². The predicted molar refractivity (Wildman–Crippen MR) is 77.1 cm³/mol. The third-order valence-corrected chi connectivity index (χ3v) is 4.81. The summed E-state index contributed by atoms with van der Waals surface area (Å²) in [5, 5.41) is 0. The fourth-order valence-electron chi connectivity index (χ4n) is 1.85. The molecule has 1 aliphatic heterocycles. The Kier molecular flexibility index (Phi) is 5.17. The number of morpholine rings is 1. The van der Waals surface area contributed by atoms with Crippen molar-refractivity contribution in [2.45, 2.75) is 4.90 Å². The van der Waals surface area contributed by atoms with E-state index >= 15 is 0 Å². The highest BCUT2D eigenvalue weighted by Gasteiger charge is 2.13. The first-order valence-electron chi connectivity index (χ1n) is 5.90. The van der Waals surface area contributed by atoms with Crippen LogP contribution >= 0.6 is 15.9 Å². The van der Waals surface area contributed by atoms with Crippen molar-refractivity contribution in [3.8, 4) is 0 Å². The van der Waals surface area contributed by atoms with Crippen molar-refractivity contribution >= 4 is 32.4 Å². The van der Waals surface area contributed by atoms with Gasteiger partial charge in [0.05, 0.1) is 28.9 Å². The van der Waals surface area contributed by atoms with E-state index < -0.39 is 10.8 Å². The molecular weight excluding hydrogens is 316 g/mol. The molecule has 0 radical (unpaired) electrons. The summed E-state index contributed by atoms with van der Waals surface area (Å²) < 4.78 is 18.4. The number of hydrogen-bond acceptors (Lipinski definition) is 4. The molecule has 1 aliphatic rings. The van der Waals surface area contributed by atoms with E-state index in [9.17, 15) is 4.21 Å². The van der Waals surface area contributed by atoms with E-state index in [4.69, 9.17) is 10.5 Å². The van der Waals surface area contributed by atoms with Gasteiger partial charge in [-0.15, -0.1) is 0 Å². The van der Waals surface area contributed by atoms with Gasteiger partial charge in [0, 0.05) is 35.5 Å². The molecule has 1 atom stereocenters. The van der Waals surface area contributed by atoms with Crippen LogP contribution in [0.3, 0.4) is 0 Å². The summed E-state index contributed by atoms with van der Waals surface area (Å²) in [5.74, 6) is 0.612. The normalized spacial score (nSPS) is 18.7. The molecule has 100 valence electrons. The molecule has 0 saturated carbocycles. The average Bonchev–Trinajstić information content (AvgIpc) is 2.40. The number of benzene rings is 1. The minimum atomic E-state index is -1.04. The van der Waals surface area contributed by atoms with Gasteiger partial charge in [0.2, 0.25) is 0 Å². The summed E-state index contributed by atoms with van der Waals surface area (Å²) in [7, 11) is -1.04. The molecule has 1 unspecified atom stereocenters. The number of anilines is 1. The largest absolute Gasteiger partial charge is 0.398 e. The summed E-state index contributed by atoms with van der Waals surface area (Å²) >= 11 is 3.38. The van der Waals surface area contributed by atoms with Crippen LogP contribution < -0.4 is 5.73 Å². The first-order valence-corrected chi connectivity index (χ1v) is 8.01. The zero-order valence-electron chi connectivity index (χ0n) is 10.1. The van der Waals surface area contributed by atoms with Crippen molar-refractivity contribution in [3.63, 3.8) is 0 Å². The van der Waals surface area contributed by atoms with Gasteiger partial charge in [0.15, 0.2) is 0 Å². The maximum atomic E-state index is 12.2. The molecule has 2 rings (SSSR count). The van der Waals surface area contributed by atoms with E-state index in [1.807, 2.05) is 12.1 Å². The number of halogens is 1. The molecule has 1 fully saturated rings. The molecule has 0 amide bonds. The van der Waals surface area contributed by atoms with E-state index in [1.165, 1.54) is 0 Å². The van der Waals surface area contributed by atoms with E-state index in [-0.39, 0.29) is 0 Å². The van der Waals surface area contributed by atoms with E-state index in [2.05, 4.69) is 20.8 Å². The van der Waals surface area contributed by atoms with Gasteiger partial charge in [-0.3, -0.25) is 9.11 Å². The predicted octanol–water partition coefficient (Wildman–Crippen LogP) is 1.47. The molecule has 0 spiro atoms. The van der Waals surface area contributed by atoms with Crippen LogP contribution in [-0.2, 0) is 15.5 Å². The van der Waals surface area contributed by atoms with Crippen LogP contribution in [0, 0.1) is 0 Å². The minimum Gasteiger partial charge on any atom is -0.398 e. The topological polar surface area (TPSA) is 55.6 Å². The Labute approximate surface area is 118 Å². The summed E-state index contributed by atoms with van der Waals surface area (Å²) in [6.45, 7) is 4.20. The highest BCUT2D eigenvalue weighted by Crippen LogP contribution is 2.21. The quantitative estimate of drug-likeness (QED) is 0.848. The Morgan fingerprint density at radius 3 is 2.83 bits per heavy atom. The summed E-state index contributed by atoms with van der Waals surface area (Å²) in [4.78, 5) is 2.99. The molecule has 1 saturated heterocycles. The van der Waals surface area contributed by atoms with Crippen LogP contribution in [0.5, 0.6) is 0 Å². The smallest absolute Gasteiger partial charge is 0.0629 e. The van der Waals surface area contributed by atoms with Gasteiger partial charge < -0.3 is 10.5 Å². The molecule has 4 nitrogen and oxygen atoms in total. The lowest BCUT2D eigenvalue weighted by atomic mass is 10.3. The molecule has 0 aromatic heterocycles. The van der Waals surface area contributed by atoms with Crippen molar-refractivity contribution in [1.29, 1.82) is 0 Å². The van der Waals surface area contributed by atoms with Gasteiger partial charge in [0.25, 0.3) is 0 Å². The zero-order valence-corrected chi connectivity index (χ0v) is 12.5. The maximum absolute atomic E-state index is 12.2. The highest BCUT2D eigenvalue weighted by molar-refractivity contribution is 9.10. The number of nitrogens with zero attached hydrogens (tertiary/aromatic N) is 1. The number of hydrogen-bond donors (Lipinski definition) is 1. The van der Waals surface area contributed by atoms with Gasteiger partial charge >= 0.3 is 0 Å². The van der Waals surface area contributed by atoms with E-state index in [1.54, 1.807) is 6.07 Å². The van der Waals surface area contributed by atoms with Gasteiger partial charge in [-0.2, -0.15) is 0 Å². The van der Waals surface area contributed by atoms with Crippen LogP contribution in [0.1, 0.15) is 0 Å². The van der Waals surface area contributed by atoms with Crippen LogP contribution in [0.25, 0.3) is 0 Å². The van der Waals surface area contributed by atoms with Crippen LogP contribution in [0.2, 0.25) is 0 Å². The third kappa shape index (κ3) is 3.78. The van der Waals surface area contributed by atoms with Crippen LogP contribution in [-0.4, -0.2) is 47.7 Å². The SMILES string of the molecule is Nc1ccc(Br)cc1S(=O)CCN1CCOCC1. The lowest BCUT2D eigenvalue weighted by molar-refractivity contribution is 0.0409. The van der Waals surface area contributed by atoms with Gasteiger partial charge in [-0.05, 0) is 18.2 Å². The number of nitrogen functional groups attached to an aromatic ring is 1. The maximum Gasteiger partial charge on any atom is 0.0629 e. The number of ether oxygens (including phenoxy) is 1. The molecule has 18 heavy (non-hydrogen) atoms. The van der Waals surface area contributed by atoms with E-state index in [0.29, 0.717) is 11.4 Å². The van der Waals surface area contributed by atoms with Crippen molar-refractivity contribution in [2.75, 3.05) is 44.3 Å². The second-order valence-corrected chi connectivity index (χ2v) is 6.64. The molecule has 0 aliphatic carbocycles. The highest BCUT2D eigenvalue weighted by atomic mass is 79.9. The summed E-state index contributed by atoms with van der Waals surface area (Å²) in [5.41, 5.74) is 6.45. The Bertz CT molecular complexity index is 436. The first-order chi connectivity index (χ1) is 8.66. The Hall–Kier alpha value is -0.430. The summed E-state index contributed by atoms with van der Waals surface area (Å²) in [6.07, 6.45) is 0. The lowest BCUT2D eigenvalue weighted by Gasteiger charge is -2.26. The molecule has 1 heterocycles. The van der Waals surface area contributed by atoms with Gasteiger partial charge in [-0.1, -0.05) is 15.9 Å². The average molecular weight is 333 g/mol. The molecule has 6 heteroatoms. The third-order valence-electron chi connectivity index (χ3n) is 2.92. The van der Waals surface area contributed by atoms with Crippen LogP contribution in [0.15, 0.2) is 27.6 Å². The zero-order chi connectivity index (χ0) is 13.0. The fraction of sp³-hybridized carbons (Fsp3) is 0.500. The van der Waals surface area contributed by atoms with Crippen molar-refractivity contribution < 1.29 is 8.95 Å². The fourth-order valence-corrected chi connectivity index (χ4v) is 3.60. The van der Waals surface area contributed by atoms with E-state index in [0.717, 1.165) is 42.2 Å². The molecule has 2 N–H and O–H groups in total. The first kappa shape index (κ1) is 14.0. The second kappa shape index (κ2) is 6.65.